The first kappa shape index (κ1) is 14.8. The van der Waals surface area contributed by atoms with E-state index in [0.29, 0.717) is 12.2 Å². The third-order valence-corrected chi connectivity index (χ3v) is 5.86. The van der Waals surface area contributed by atoms with Crippen LogP contribution in [-0.4, -0.2) is 44.6 Å². The molecule has 110 valence electrons. The van der Waals surface area contributed by atoms with Gasteiger partial charge in [0.25, 0.3) is 0 Å². The first-order valence-corrected chi connectivity index (χ1v) is 8.18. The number of nitrogens with zero attached hydrogens (tertiary/aromatic N) is 2. The van der Waals surface area contributed by atoms with Crippen LogP contribution in [0.4, 0.5) is 5.69 Å². The lowest BCUT2D eigenvalue weighted by atomic mass is 10.2. The summed E-state index contributed by atoms with van der Waals surface area (Å²) in [5.74, 6) is -0.0845. The molecule has 2 rings (SSSR count). The Kier molecular flexibility index (Phi) is 4.04. The molecule has 1 atom stereocenters. The van der Waals surface area contributed by atoms with Crippen molar-refractivity contribution in [2.45, 2.75) is 25.5 Å². The molecule has 20 heavy (non-hydrogen) atoms. The molecule has 0 aliphatic carbocycles. The van der Waals surface area contributed by atoms with Crippen molar-refractivity contribution in [2.24, 2.45) is 0 Å². The van der Waals surface area contributed by atoms with E-state index in [4.69, 9.17) is 0 Å². The van der Waals surface area contributed by atoms with Crippen LogP contribution in [0, 0.1) is 6.92 Å². The second-order valence-corrected chi connectivity index (χ2v) is 7.35. The number of benzene rings is 1. The first-order chi connectivity index (χ1) is 9.36. The lowest BCUT2D eigenvalue weighted by Gasteiger charge is -2.23. The highest BCUT2D eigenvalue weighted by molar-refractivity contribution is 7.93. The van der Waals surface area contributed by atoms with E-state index in [1.54, 1.807) is 18.0 Å². The number of hydrogen-bond donors (Lipinski definition) is 0. The normalized spacial score (nSPS) is 19.4. The van der Waals surface area contributed by atoms with Crippen molar-refractivity contribution in [1.82, 2.24) is 4.90 Å². The molecule has 1 amide bonds. The predicted molar refractivity (Wildman–Crippen MR) is 79.2 cm³/mol. The van der Waals surface area contributed by atoms with Gasteiger partial charge < -0.3 is 4.90 Å². The number of anilines is 1. The Labute approximate surface area is 120 Å². The van der Waals surface area contributed by atoms with Gasteiger partial charge in [-0.3, -0.25) is 9.10 Å². The zero-order valence-corrected chi connectivity index (χ0v) is 12.9. The summed E-state index contributed by atoms with van der Waals surface area (Å²) in [5.41, 5.74) is 1.63. The van der Waals surface area contributed by atoms with Crippen LogP contribution in [0.2, 0.25) is 0 Å². The van der Waals surface area contributed by atoms with Crippen LogP contribution in [0.1, 0.15) is 18.9 Å². The highest BCUT2D eigenvalue weighted by atomic mass is 32.2. The molecule has 1 saturated heterocycles. The quantitative estimate of drug-likeness (QED) is 0.843. The molecule has 5 nitrogen and oxygen atoms in total. The Morgan fingerprint density at radius 3 is 2.65 bits per heavy atom. The molecule has 0 saturated carbocycles. The van der Waals surface area contributed by atoms with E-state index in [9.17, 15) is 13.2 Å². The van der Waals surface area contributed by atoms with Gasteiger partial charge >= 0.3 is 0 Å². The van der Waals surface area contributed by atoms with E-state index >= 15 is 0 Å². The van der Waals surface area contributed by atoms with Gasteiger partial charge in [0.2, 0.25) is 15.9 Å². The van der Waals surface area contributed by atoms with Crippen LogP contribution >= 0.6 is 0 Å². The van der Waals surface area contributed by atoms with Gasteiger partial charge in [0.1, 0.15) is 5.25 Å². The van der Waals surface area contributed by atoms with Crippen LogP contribution in [-0.2, 0) is 14.8 Å². The number of rotatable bonds is 4. The van der Waals surface area contributed by atoms with Crippen molar-refractivity contribution in [3.05, 3.63) is 29.8 Å². The maximum absolute atomic E-state index is 12.6. The minimum Gasteiger partial charge on any atom is -0.342 e. The number of amides is 1. The monoisotopic (exact) mass is 296 g/mol. The molecule has 1 aromatic carbocycles. The van der Waals surface area contributed by atoms with Crippen molar-refractivity contribution in [2.75, 3.05) is 24.4 Å². The van der Waals surface area contributed by atoms with E-state index in [2.05, 4.69) is 0 Å². The van der Waals surface area contributed by atoms with Gasteiger partial charge in [0.15, 0.2) is 0 Å². The van der Waals surface area contributed by atoms with Gasteiger partial charge in [-0.25, -0.2) is 8.42 Å². The topological polar surface area (TPSA) is 57.7 Å². The number of hydrogen-bond acceptors (Lipinski definition) is 3. The standard InChI is InChI=1S/C14H20N2O3S/c1-4-16-10-13(9-14(16)17)20(18,19)15(3)12-7-5-6-11(2)8-12/h5-8,13H,4,9-10H2,1-3H3. The summed E-state index contributed by atoms with van der Waals surface area (Å²) >= 11 is 0. The minimum atomic E-state index is -3.51. The van der Waals surface area contributed by atoms with Crippen molar-refractivity contribution in [1.29, 1.82) is 0 Å². The fourth-order valence-electron chi connectivity index (χ4n) is 2.44. The van der Waals surface area contributed by atoms with Gasteiger partial charge in [-0.05, 0) is 31.5 Å². The second kappa shape index (κ2) is 5.44. The molecule has 0 aromatic heterocycles. The summed E-state index contributed by atoms with van der Waals surface area (Å²) < 4.78 is 26.5. The summed E-state index contributed by atoms with van der Waals surface area (Å²) in [4.78, 5) is 13.3. The summed E-state index contributed by atoms with van der Waals surface area (Å²) in [6.07, 6.45) is 0.0757. The lowest BCUT2D eigenvalue weighted by molar-refractivity contribution is -0.127. The van der Waals surface area contributed by atoms with Crippen molar-refractivity contribution in [3.63, 3.8) is 0 Å². The molecule has 1 unspecified atom stereocenters. The Morgan fingerprint density at radius 1 is 1.40 bits per heavy atom. The second-order valence-electron chi connectivity index (χ2n) is 5.11. The van der Waals surface area contributed by atoms with Gasteiger partial charge in [-0.2, -0.15) is 0 Å². The molecule has 1 aliphatic rings. The van der Waals surface area contributed by atoms with Crippen molar-refractivity contribution >= 4 is 21.6 Å². The fraction of sp³-hybridized carbons (Fsp3) is 0.500. The maximum Gasteiger partial charge on any atom is 0.240 e. The predicted octanol–water partition coefficient (Wildman–Crippen LogP) is 1.38. The maximum atomic E-state index is 12.6. The molecule has 0 spiro atoms. The molecule has 6 heteroatoms. The Bertz CT molecular complexity index is 613. The van der Waals surface area contributed by atoms with Crippen molar-refractivity contribution in [3.8, 4) is 0 Å². The average molecular weight is 296 g/mol. The van der Waals surface area contributed by atoms with Gasteiger partial charge in [0, 0.05) is 26.6 Å². The summed E-state index contributed by atoms with van der Waals surface area (Å²) in [6.45, 7) is 4.62. The SMILES string of the molecule is CCN1CC(S(=O)(=O)N(C)c2cccc(C)c2)CC1=O. The number of carbonyl (C=O) groups is 1. The van der Waals surface area contributed by atoms with Gasteiger partial charge in [0.05, 0.1) is 5.69 Å². The lowest BCUT2D eigenvalue weighted by Crippen LogP contribution is -2.38. The third kappa shape index (κ3) is 2.65. The van der Waals surface area contributed by atoms with E-state index in [0.717, 1.165) is 5.56 Å². The van der Waals surface area contributed by atoms with E-state index in [-0.39, 0.29) is 18.9 Å². The zero-order valence-electron chi connectivity index (χ0n) is 12.0. The van der Waals surface area contributed by atoms with Crippen molar-refractivity contribution < 1.29 is 13.2 Å². The zero-order chi connectivity index (χ0) is 14.9. The summed E-state index contributed by atoms with van der Waals surface area (Å²) in [6, 6.07) is 7.33. The molecule has 1 aromatic rings. The largest absolute Gasteiger partial charge is 0.342 e. The van der Waals surface area contributed by atoms with E-state index < -0.39 is 15.3 Å². The molecule has 1 aliphatic heterocycles. The first-order valence-electron chi connectivity index (χ1n) is 6.68. The van der Waals surface area contributed by atoms with Crippen LogP contribution in [0.25, 0.3) is 0 Å². The van der Waals surface area contributed by atoms with Gasteiger partial charge in [-0.15, -0.1) is 0 Å². The van der Waals surface area contributed by atoms with E-state index in [1.807, 2.05) is 32.0 Å². The molecule has 0 bridgehead atoms. The van der Waals surface area contributed by atoms with Crippen LogP contribution in [0.3, 0.4) is 0 Å². The van der Waals surface area contributed by atoms with Crippen LogP contribution in [0.15, 0.2) is 24.3 Å². The molecule has 1 fully saturated rings. The molecular weight excluding hydrogens is 276 g/mol. The number of carbonyl (C=O) groups excluding carboxylic acids is 1. The fourth-order valence-corrected chi connectivity index (χ4v) is 4.01. The Hall–Kier alpha value is -1.56. The highest BCUT2D eigenvalue weighted by Crippen LogP contribution is 2.25. The molecule has 0 N–H and O–H groups in total. The Morgan fingerprint density at radius 2 is 2.10 bits per heavy atom. The Balaban J connectivity index is 2.25. The highest BCUT2D eigenvalue weighted by Gasteiger charge is 2.39. The molecular formula is C14H20N2O3S. The molecule has 0 radical (unpaired) electrons. The summed E-state index contributed by atoms with van der Waals surface area (Å²) in [5, 5.41) is -0.652. The average Bonchev–Trinajstić information content (AvgIpc) is 2.79. The number of aryl methyl sites for hydroxylation is 1. The summed E-state index contributed by atoms with van der Waals surface area (Å²) in [7, 11) is -1.97. The van der Waals surface area contributed by atoms with Crippen LogP contribution < -0.4 is 4.31 Å². The van der Waals surface area contributed by atoms with E-state index in [1.165, 1.54) is 4.31 Å². The molecule has 1 heterocycles. The number of sulfonamides is 1. The smallest absolute Gasteiger partial charge is 0.240 e. The van der Waals surface area contributed by atoms with Gasteiger partial charge in [-0.1, -0.05) is 12.1 Å². The minimum absolute atomic E-state index is 0.0757. The number of likely N-dealkylation sites (tertiary alicyclic amines) is 1. The third-order valence-electron chi connectivity index (χ3n) is 3.73. The van der Waals surface area contributed by atoms with Crippen LogP contribution in [0.5, 0.6) is 0 Å².